The van der Waals surface area contributed by atoms with Crippen molar-refractivity contribution >= 4 is 17.8 Å². The lowest BCUT2D eigenvalue weighted by Gasteiger charge is -2.18. The fourth-order valence-electron chi connectivity index (χ4n) is 1.82. The van der Waals surface area contributed by atoms with Crippen molar-refractivity contribution in [1.29, 1.82) is 0 Å². The molecule has 1 heterocycles. The minimum atomic E-state index is -2.06. The number of amides is 2. The molecule has 9 heteroatoms. The Hall–Kier alpha value is -2.94. The van der Waals surface area contributed by atoms with Crippen LogP contribution in [0, 0.1) is 5.82 Å². The number of aliphatic hydroxyl groups is 1. The number of benzene rings is 1. The predicted molar refractivity (Wildman–Crippen MR) is 83.0 cm³/mol. The van der Waals surface area contributed by atoms with E-state index in [0.717, 1.165) is 12.5 Å². The minimum absolute atomic E-state index is 0.315. The van der Waals surface area contributed by atoms with Gasteiger partial charge in [0, 0.05) is 6.07 Å². The van der Waals surface area contributed by atoms with Crippen LogP contribution in [0.4, 0.5) is 15.0 Å². The van der Waals surface area contributed by atoms with E-state index in [4.69, 9.17) is 5.11 Å². The zero-order chi connectivity index (χ0) is 17.7. The van der Waals surface area contributed by atoms with Gasteiger partial charge in [-0.1, -0.05) is 12.1 Å². The number of carbonyl (C=O) groups excluding carboxylic acids is 1. The molecule has 8 nitrogen and oxygen atoms in total. The van der Waals surface area contributed by atoms with E-state index in [1.165, 1.54) is 23.0 Å². The molecular weight excluding hydrogens is 319 g/mol. The average molecular weight is 336 g/mol. The number of nitrogens with one attached hydrogen (secondary N) is 2. The molecule has 0 saturated heterocycles. The highest BCUT2D eigenvalue weighted by Crippen LogP contribution is 2.11. The number of carboxylic acid groups (broad SMARTS) is 1. The molecule has 1 unspecified atom stereocenters. The largest absolute Gasteiger partial charge is 0.479 e. The highest BCUT2D eigenvalue weighted by molar-refractivity contribution is 5.89. The van der Waals surface area contributed by atoms with Gasteiger partial charge in [-0.25, -0.2) is 18.7 Å². The van der Waals surface area contributed by atoms with Crippen molar-refractivity contribution in [1.82, 2.24) is 15.1 Å². The second-order valence-electron chi connectivity index (χ2n) is 5.39. The van der Waals surface area contributed by atoms with Crippen LogP contribution in [0.15, 0.2) is 36.5 Å². The summed E-state index contributed by atoms with van der Waals surface area (Å²) in [6.07, 6.45) is 1.48. The molecule has 128 valence electrons. The standard InChI is InChI=1S/C15H17FN4O4/c1-15(24,13(21)22)9-17-14(23)19-12-6-7-18-20(12)8-10-2-4-11(16)5-3-10/h2-7,24H,8-9H2,1H3,(H,21,22)(H2,17,19,23). The maximum absolute atomic E-state index is 12.9. The average Bonchev–Trinajstić information content (AvgIpc) is 2.94. The number of carbonyl (C=O) groups is 2. The number of urea groups is 1. The molecule has 0 aliphatic heterocycles. The van der Waals surface area contributed by atoms with Crippen molar-refractivity contribution < 1.29 is 24.2 Å². The predicted octanol–water partition coefficient (Wildman–Crippen LogP) is 1.03. The first-order valence-corrected chi connectivity index (χ1v) is 7.05. The van der Waals surface area contributed by atoms with Gasteiger partial charge in [0.2, 0.25) is 0 Å². The van der Waals surface area contributed by atoms with Gasteiger partial charge >= 0.3 is 12.0 Å². The van der Waals surface area contributed by atoms with Crippen LogP contribution in [0.1, 0.15) is 12.5 Å². The number of nitrogens with zero attached hydrogens (tertiary/aromatic N) is 2. The van der Waals surface area contributed by atoms with Gasteiger partial charge in [0.1, 0.15) is 11.6 Å². The molecule has 2 rings (SSSR count). The fourth-order valence-corrected chi connectivity index (χ4v) is 1.82. The summed E-state index contributed by atoms with van der Waals surface area (Å²) in [4.78, 5) is 22.6. The number of hydrogen-bond acceptors (Lipinski definition) is 4. The summed E-state index contributed by atoms with van der Waals surface area (Å²) in [5, 5.41) is 27.2. The maximum Gasteiger partial charge on any atom is 0.337 e. The SMILES string of the molecule is CC(O)(CNC(=O)Nc1ccnn1Cc1ccc(F)cc1)C(=O)O. The summed E-state index contributed by atoms with van der Waals surface area (Å²) >= 11 is 0. The Bertz CT molecular complexity index is 727. The van der Waals surface area contributed by atoms with Crippen LogP contribution in [0.25, 0.3) is 0 Å². The van der Waals surface area contributed by atoms with Gasteiger partial charge in [-0.05, 0) is 24.6 Å². The van der Waals surface area contributed by atoms with Crippen molar-refractivity contribution in [3.63, 3.8) is 0 Å². The number of halogens is 1. The molecule has 0 saturated carbocycles. The number of aromatic nitrogens is 2. The van der Waals surface area contributed by atoms with Crippen molar-refractivity contribution in [2.45, 2.75) is 19.1 Å². The van der Waals surface area contributed by atoms with Crippen LogP contribution in [-0.4, -0.2) is 44.1 Å². The third-order valence-corrected chi connectivity index (χ3v) is 3.26. The molecule has 2 amide bonds. The summed E-state index contributed by atoms with van der Waals surface area (Å²) in [5.74, 6) is -1.42. The smallest absolute Gasteiger partial charge is 0.337 e. The van der Waals surface area contributed by atoms with Gasteiger partial charge in [-0.3, -0.25) is 5.32 Å². The topological polar surface area (TPSA) is 116 Å². The highest BCUT2D eigenvalue weighted by Gasteiger charge is 2.30. The lowest BCUT2D eigenvalue weighted by Crippen LogP contribution is -2.47. The number of anilines is 1. The van der Waals surface area contributed by atoms with Gasteiger partial charge in [0.05, 0.1) is 19.3 Å². The molecule has 0 aliphatic rings. The lowest BCUT2D eigenvalue weighted by atomic mass is 10.1. The van der Waals surface area contributed by atoms with Crippen LogP contribution in [0.3, 0.4) is 0 Å². The quantitative estimate of drug-likeness (QED) is 0.629. The van der Waals surface area contributed by atoms with Gasteiger partial charge in [0.15, 0.2) is 5.60 Å². The monoisotopic (exact) mass is 336 g/mol. The first-order chi connectivity index (χ1) is 11.3. The molecule has 1 aromatic heterocycles. The van der Waals surface area contributed by atoms with Crippen molar-refractivity contribution in [2.24, 2.45) is 0 Å². The Kier molecular flexibility index (Phi) is 5.14. The van der Waals surface area contributed by atoms with E-state index < -0.39 is 24.1 Å². The third kappa shape index (κ3) is 4.53. The van der Waals surface area contributed by atoms with Gasteiger partial charge in [-0.2, -0.15) is 5.10 Å². The van der Waals surface area contributed by atoms with E-state index >= 15 is 0 Å². The lowest BCUT2D eigenvalue weighted by molar-refractivity contribution is -0.155. The fraction of sp³-hybridized carbons (Fsp3) is 0.267. The first kappa shape index (κ1) is 17.4. The summed E-state index contributed by atoms with van der Waals surface area (Å²) < 4.78 is 14.4. The van der Waals surface area contributed by atoms with Crippen LogP contribution in [-0.2, 0) is 11.3 Å². The molecule has 1 atom stereocenters. The normalized spacial score (nSPS) is 13.1. The maximum atomic E-state index is 12.9. The highest BCUT2D eigenvalue weighted by atomic mass is 19.1. The van der Waals surface area contributed by atoms with Crippen molar-refractivity contribution in [3.8, 4) is 0 Å². The number of aliphatic carboxylic acids is 1. The van der Waals surface area contributed by atoms with Crippen molar-refractivity contribution in [2.75, 3.05) is 11.9 Å². The third-order valence-electron chi connectivity index (χ3n) is 3.26. The molecule has 2 aromatic rings. The van der Waals surface area contributed by atoms with E-state index in [-0.39, 0.29) is 5.82 Å². The van der Waals surface area contributed by atoms with Gasteiger partial charge in [0.25, 0.3) is 0 Å². The second kappa shape index (κ2) is 7.09. The Morgan fingerprint density at radius 3 is 2.58 bits per heavy atom. The molecule has 1 aromatic carbocycles. The van der Waals surface area contributed by atoms with Gasteiger partial charge < -0.3 is 15.5 Å². The van der Waals surface area contributed by atoms with E-state index in [9.17, 15) is 19.1 Å². The minimum Gasteiger partial charge on any atom is -0.479 e. The summed E-state index contributed by atoms with van der Waals surface area (Å²) in [5.41, 5.74) is -1.27. The van der Waals surface area contributed by atoms with E-state index in [1.807, 2.05) is 0 Å². The molecule has 24 heavy (non-hydrogen) atoms. The molecule has 0 aliphatic carbocycles. The molecule has 0 bridgehead atoms. The van der Waals surface area contributed by atoms with Crippen molar-refractivity contribution in [3.05, 3.63) is 47.9 Å². The Balaban J connectivity index is 1.96. The Morgan fingerprint density at radius 2 is 1.96 bits per heavy atom. The Labute approximate surface area is 136 Å². The van der Waals surface area contributed by atoms with Crippen LogP contribution in [0.5, 0.6) is 0 Å². The molecular formula is C15H17FN4O4. The molecule has 0 spiro atoms. The zero-order valence-electron chi connectivity index (χ0n) is 12.9. The summed E-state index contributed by atoms with van der Waals surface area (Å²) in [6.45, 7) is 0.935. The van der Waals surface area contributed by atoms with Crippen LogP contribution >= 0.6 is 0 Å². The first-order valence-electron chi connectivity index (χ1n) is 7.05. The van der Waals surface area contributed by atoms with Crippen LogP contribution < -0.4 is 10.6 Å². The Morgan fingerprint density at radius 1 is 1.29 bits per heavy atom. The molecule has 0 radical (unpaired) electrons. The second-order valence-corrected chi connectivity index (χ2v) is 5.39. The van der Waals surface area contributed by atoms with E-state index in [1.54, 1.807) is 18.2 Å². The van der Waals surface area contributed by atoms with Crippen LogP contribution in [0.2, 0.25) is 0 Å². The molecule has 4 N–H and O–H groups in total. The summed E-state index contributed by atoms with van der Waals surface area (Å²) in [6, 6.07) is 6.73. The number of hydrogen-bond donors (Lipinski definition) is 4. The molecule has 0 fully saturated rings. The summed E-state index contributed by atoms with van der Waals surface area (Å²) in [7, 11) is 0. The zero-order valence-corrected chi connectivity index (χ0v) is 12.9. The number of carboxylic acids is 1. The van der Waals surface area contributed by atoms with Gasteiger partial charge in [-0.15, -0.1) is 0 Å². The number of rotatable bonds is 6. The van der Waals surface area contributed by atoms with E-state index in [2.05, 4.69) is 15.7 Å². The van der Waals surface area contributed by atoms with E-state index in [0.29, 0.717) is 12.4 Å².